The highest BCUT2D eigenvalue weighted by atomic mass is 35.5. The SMILES string of the molecule is CN(C(=O)Cc1cc2ccccc2o1)c1ccccn1.Cl. The smallest absolute Gasteiger partial charge is 0.235 e. The molecule has 4 nitrogen and oxygen atoms in total. The van der Waals surface area contributed by atoms with E-state index >= 15 is 0 Å². The summed E-state index contributed by atoms with van der Waals surface area (Å²) in [4.78, 5) is 17.9. The number of aromatic nitrogens is 1. The molecule has 3 aromatic rings. The first-order chi connectivity index (χ1) is 9.74. The Balaban J connectivity index is 0.00000161. The number of hydrogen-bond acceptors (Lipinski definition) is 3. The molecule has 0 N–H and O–H groups in total. The van der Waals surface area contributed by atoms with Crippen molar-refractivity contribution in [2.24, 2.45) is 0 Å². The number of nitrogens with zero attached hydrogens (tertiary/aromatic N) is 2. The van der Waals surface area contributed by atoms with Gasteiger partial charge in [-0.15, -0.1) is 12.4 Å². The summed E-state index contributed by atoms with van der Waals surface area (Å²) < 4.78 is 5.66. The average molecular weight is 303 g/mol. The van der Waals surface area contributed by atoms with Crippen molar-refractivity contribution in [3.63, 3.8) is 0 Å². The van der Waals surface area contributed by atoms with Crippen LogP contribution in [0.3, 0.4) is 0 Å². The first-order valence-corrected chi connectivity index (χ1v) is 6.39. The summed E-state index contributed by atoms with van der Waals surface area (Å²) in [6, 6.07) is 15.1. The number of fused-ring (bicyclic) bond motifs is 1. The summed E-state index contributed by atoms with van der Waals surface area (Å²) in [6.45, 7) is 0. The molecule has 0 bridgehead atoms. The van der Waals surface area contributed by atoms with Gasteiger partial charge in [0.05, 0.1) is 6.42 Å². The van der Waals surface area contributed by atoms with Crippen LogP contribution in [-0.4, -0.2) is 17.9 Å². The molecule has 0 aliphatic rings. The van der Waals surface area contributed by atoms with Crippen molar-refractivity contribution in [2.75, 3.05) is 11.9 Å². The first kappa shape index (κ1) is 15.1. The van der Waals surface area contributed by atoms with Crippen molar-refractivity contribution in [3.05, 3.63) is 60.5 Å². The van der Waals surface area contributed by atoms with E-state index in [0.29, 0.717) is 11.6 Å². The molecule has 0 saturated heterocycles. The van der Waals surface area contributed by atoms with E-state index in [-0.39, 0.29) is 24.7 Å². The van der Waals surface area contributed by atoms with Crippen LogP contribution in [0.15, 0.2) is 59.1 Å². The molecule has 0 spiro atoms. The van der Waals surface area contributed by atoms with Gasteiger partial charge in [-0.3, -0.25) is 9.69 Å². The van der Waals surface area contributed by atoms with E-state index in [1.54, 1.807) is 19.3 Å². The van der Waals surface area contributed by atoms with Crippen molar-refractivity contribution < 1.29 is 9.21 Å². The fourth-order valence-electron chi connectivity index (χ4n) is 2.07. The van der Waals surface area contributed by atoms with Gasteiger partial charge in [-0.2, -0.15) is 0 Å². The summed E-state index contributed by atoms with van der Waals surface area (Å²) in [6.07, 6.45) is 1.89. The number of anilines is 1. The predicted molar refractivity (Wildman–Crippen MR) is 84.8 cm³/mol. The largest absolute Gasteiger partial charge is 0.461 e. The second-order valence-corrected chi connectivity index (χ2v) is 4.57. The minimum atomic E-state index is -0.0530. The third-order valence-electron chi connectivity index (χ3n) is 3.17. The van der Waals surface area contributed by atoms with E-state index in [4.69, 9.17) is 4.42 Å². The monoisotopic (exact) mass is 302 g/mol. The lowest BCUT2D eigenvalue weighted by Gasteiger charge is -2.14. The maximum atomic E-state index is 12.2. The summed E-state index contributed by atoms with van der Waals surface area (Å²) in [5.41, 5.74) is 0.802. The van der Waals surface area contributed by atoms with Gasteiger partial charge in [-0.05, 0) is 24.3 Å². The van der Waals surface area contributed by atoms with E-state index in [9.17, 15) is 4.79 Å². The molecule has 0 atom stereocenters. The molecule has 5 heteroatoms. The number of rotatable bonds is 3. The number of amides is 1. The maximum Gasteiger partial charge on any atom is 0.235 e. The van der Waals surface area contributed by atoms with Crippen LogP contribution in [0, 0.1) is 0 Å². The molecule has 0 unspecified atom stereocenters. The van der Waals surface area contributed by atoms with E-state index in [1.807, 2.05) is 42.5 Å². The number of halogens is 1. The van der Waals surface area contributed by atoms with Gasteiger partial charge in [0.15, 0.2) is 0 Å². The van der Waals surface area contributed by atoms with E-state index in [2.05, 4.69) is 4.98 Å². The molecule has 2 aromatic heterocycles. The van der Waals surface area contributed by atoms with Gasteiger partial charge in [0, 0.05) is 18.6 Å². The van der Waals surface area contributed by atoms with E-state index in [1.165, 1.54) is 4.90 Å². The second kappa shape index (κ2) is 6.41. The Hall–Kier alpha value is -2.33. The summed E-state index contributed by atoms with van der Waals surface area (Å²) in [7, 11) is 1.72. The maximum absolute atomic E-state index is 12.2. The van der Waals surface area contributed by atoms with Crippen LogP contribution in [0.25, 0.3) is 11.0 Å². The fourth-order valence-corrected chi connectivity index (χ4v) is 2.07. The van der Waals surface area contributed by atoms with Crippen LogP contribution in [0.5, 0.6) is 0 Å². The van der Waals surface area contributed by atoms with E-state index < -0.39 is 0 Å². The van der Waals surface area contributed by atoms with Crippen LogP contribution in [0.4, 0.5) is 5.82 Å². The van der Waals surface area contributed by atoms with Crippen LogP contribution in [-0.2, 0) is 11.2 Å². The number of likely N-dealkylation sites (N-methyl/N-ethyl adjacent to an activating group) is 1. The lowest BCUT2D eigenvalue weighted by molar-refractivity contribution is -0.117. The second-order valence-electron chi connectivity index (χ2n) is 4.57. The molecular formula is C16H15ClN2O2. The van der Waals surface area contributed by atoms with Gasteiger partial charge in [0.25, 0.3) is 0 Å². The molecule has 108 valence electrons. The van der Waals surface area contributed by atoms with Crippen molar-refractivity contribution in [2.45, 2.75) is 6.42 Å². The average Bonchev–Trinajstić information content (AvgIpc) is 2.89. The Morgan fingerprint density at radius 2 is 1.95 bits per heavy atom. The van der Waals surface area contributed by atoms with Crippen LogP contribution in [0.2, 0.25) is 0 Å². The summed E-state index contributed by atoms with van der Waals surface area (Å²) in [5.74, 6) is 1.25. The predicted octanol–water partition coefficient (Wildman–Crippen LogP) is 3.46. The number of benzene rings is 1. The van der Waals surface area contributed by atoms with Gasteiger partial charge in [0.2, 0.25) is 5.91 Å². The number of carbonyl (C=O) groups excluding carboxylic acids is 1. The Labute approximate surface area is 128 Å². The molecule has 0 aliphatic carbocycles. The molecule has 0 saturated carbocycles. The zero-order valence-electron chi connectivity index (χ0n) is 11.5. The van der Waals surface area contributed by atoms with Gasteiger partial charge in [-0.25, -0.2) is 4.98 Å². The Morgan fingerprint density at radius 3 is 2.67 bits per heavy atom. The number of para-hydroxylation sites is 1. The highest BCUT2D eigenvalue weighted by Crippen LogP contribution is 2.20. The van der Waals surface area contributed by atoms with Gasteiger partial charge in [-0.1, -0.05) is 24.3 Å². The van der Waals surface area contributed by atoms with E-state index in [0.717, 1.165) is 11.0 Å². The fraction of sp³-hybridized carbons (Fsp3) is 0.125. The molecule has 3 rings (SSSR count). The molecule has 1 aromatic carbocycles. The standard InChI is InChI=1S/C16H14N2O2.ClH/c1-18(15-8-4-5-9-17-15)16(19)11-13-10-12-6-2-3-7-14(12)20-13;/h2-10H,11H2,1H3;1H. The third-order valence-corrected chi connectivity index (χ3v) is 3.17. The Morgan fingerprint density at radius 1 is 1.19 bits per heavy atom. The highest BCUT2D eigenvalue weighted by Gasteiger charge is 2.14. The number of hydrogen-bond donors (Lipinski definition) is 0. The highest BCUT2D eigenvalue weighted by molar-refractivity contribution is 5.93. The summed E-state index contributed by atoms with van der Waals surface area (Å²) in [5, 5.41) is 1.01. The van der Waals surface area contributed by atoms with Gasteiger partial charge < -0.3 is 4.42 Å². The molecule has 2 heterocycles. The molecule has 0 aliphatic heterocycles. The number of furan rings is 1. The zero-order valence-corrected chi connectivity index (χ0v) is 12.3. The lowest BCUT2D eigenvalue weighted by atomic mass is 10.2. The van der Waals surface area contributed by atoms with Gasteiger partial charge >= 0.3 is 0 Å². The van der Waals surface area contributed by atoms with Crippen molar-refractivity contribution >= 4 is 35.1 Å². The quantitative estimate of drug-likeness (QED) is 0.744. The van der Waals surface area contributed by atoms with Crippen molar-refractivity contribution in [3.8, 4) is 0 Å². The molecular weight excluding hydrogens is 288 g/mol. The minimum absolute atomic E-state index is 0. The number of pyridine rings is 1. The molecule has 0 fully saturated rings. The normalized spacial score (nSPS) is 10.1. The first-order valence-electron chi connectivity index (χ1n) is 6.39. The number of carbonyl (C=O) groups is 1. The van der Waals surface area contributed by atoms with Crippen LogP contribution in [0.1, 0.15) is 5.76 Å². The molecule has 0 radical (unpaired) electrons. The zero-order chi connectivity index (χ0) is 13.9. The molecule has 21 heavy (non-hydrogen) atoms. The Kier molecular flexibility index (Phi) is 4.60. The molecule has 1 amide bonds. The topological polar surface area (TPSA) is 46.3 Å². The third kappa shape index (κ3) is 3.23. The lowest BCUT2D eigenvalue weighted by Crippen LogP contribution is -2.28. The minimum Gasteiger partial charge on any atom is -0.461 e. The van der Waals surface area contributed by atoms with Gasteiger partial charge in [0.1, 0.15) is 17.2 Å². The summed E-state index contributed by atoms with van der Waals surface area (Å²) >= 11 is 0. The Bertz CT molecular complexity index is 707. The van der Waals surface area contributed by atoms with Crippen molar-refractivity contribution in [1.29, 1.82) is 0 Å². The van der Waals surface area contributed by atoms with Crippen molar-refractivity contribution in [1.82, 2.24) is 4.98 Å². The van der Waals surface area contributed by atoms with Crippen LogP contribution < -0.4 is 4.90 Å². The van der Waals surface area contributed by atoms with Crippen LogP contribution >= 0.6 is 12.4 Å².